The highest BCUT2D eigenvalue weighted by Crippen LogP contribution is 2.45. The Balaban J connectivity index is 1.92. The summed E-state index contributed by atoms with van der Waals surface area (Å²) in [6.07, 6.45) is 7.83. The van der Waals surface area contributed by atoms with Gasteiger partial charge in [0.05, 0.1) is 11.7 Å². The molecule has 106 valence electrons. The van der Waals surface area contributed by atoms with Gasteiger partial charge in [0.1, 0.15) is 0 Å². The van der Waals surface area contributed by atoms with E-state index in [1.165, 1.54) is 32.1 Å². The van der Waals surface area contributed by atoms with Crippen LogP contribution < -0.4 is 5.32 Å². The van der Waals surface area contributed by atoms with Gasteiger partial charge in [-0.2, -0.15) is 0 Å². The number of methoxy groups -OCH3 is 1. The molecule has 1 aliphatic carbocycles. The van der Waals surface area contributed by atoms with Gasteiger partial charge in [-0.05, 0) is 57.9 Å². The summed E-state index contributed by atoms with van der Waals surface area (Å²) in [7, 11) is 1.81. The Labute approximate surface area is 112 Å². The highest BCUT2D eigenvalue weighted by molar-refractivity contribution is 4.96. The molecule has 1 N–H and O–H groups in total. The molecule has 3 heteroatoms. The number of ether oxygens (including phenoxy) is 2. The van der Waals surface area contributed by atoms with Crippen molar-refractivity contribution < 1.29 is 9.47 Å². The maximum absolute atomic E-state index is 6.03. The predicted molar refractivity (Wildman–Crippen MR) is 73.8 cm³/mol. The second kappa shape index (κ2) is 6.36. The first-order valence-electron chi connectivity index (χ1n) is 7.59. The summed E-state index contributed by atoms with van der Waals surface area (Å²) in [5.74, 6) is 0.761. The number of nitrogens with one attached hydrogen (secondary N) is 1. The average Bonchev–Trinajstić information content (AvgIpc) is 2.36. The molecule has 0 amide bonds. The molecule has 1 spiro atoms. The van der Waals surface area contributed by atoms with Crippen LogP contribution >= 0.6 is 0 Å². The molecular formula is C15H29NO2. The van der Waals surface area contributed by atoms with Crippen molar-refractivity contribution in [3.8, 4) is 0 Å². The molecule has 3 atom stereocenters. The molecule has 1 aliphatic heterocycles. The summed E-state index contributed by atoms with van der Waals surface area (Å²) in [6.45, 7) is 6.37. The molecule has 2 fully saturated rings. The van der Waals surface area contributed by atoms with Gasteiger partial charge in [0.2, 0.25) is 0 Å². The molecule has 18 heavy (non-hydrogen) atoms. The lowest BCUT2D eigenvalue weighted by molar-refractivity contribution is -0.148. The minimum absolute atomic E-state index is 0.257. The Morgan fingerprint density at radius 1 is 1.44 bits per heavy atom. The Bertz CT molecular complexity index is 251. The van der Waals surface area contributed by atoms with Gasteiger partial charge in [0, 0.05) is 19.8 Å². The number of hydrogen-bond donors (Lipinski definition) is 1. The van der Waals surface area contributed by atoms with Crippen molar-refractivity contribution in [3.05, 3.63) is 0 Å². The van der Waals surface area contributed by atoms with Crippen LogP contribution in [-0.2, 0) is 9.47 Å². The van der Waals surface area contributed by atoms with Gasteiger partial charge in [-0.25, -0.2) is 0 Å². The summed E-state index contributed by atoms with van der Waals surface area (Å²) in [4.78, 5) is 0. The number of hydrogen-bond acceptors (Lipinski definition) is 3. The monoisotopic (exact) mass is 255 g/mol. The van der Waals surface area contributed by atoms with Gasteiger partial charge in [-0.1, -0.05) is 6.92 Å². The Morgan fingerprint density at radius 3 is 2.78 bits per heavy atom. The van der Waals surface area contributed by atoms with E-state index in [-0.39, 0.29) is 5.60 Å². The average molecular weight is 255 g/mol. The first kappa shape index (κ1) is 14.3. The van der Waals surface area contributed by atoms with Crippen LogP contribution in [0, 0.1) is 5.92 Å². The van der Waals surface area contributed by atoms with E-state index < -0.39 is 0 Å². The van der Waals surface area contributed by atoms with Crippen LogP contribution in [0.2, 0.25) is 0 Å². The third kappa shape index (κ3) is 3.25. The van der Waals surface area contributed by atoms with Gasteiger partial charge in [-0.15, -0.1) is 0 Å². The van der Waals surface area contributed by atoms with Crippen molar-refractivity contribution in [2.45, 2.75) is 70.1 Å². The quantitative estimate of drug-likeness (QED) is 0.791. The van der Waals surface area contributed by atoms with Gasteiger partial charge >= 0.3 is 0 Å². The molecule has 1 saturated heterocycles. The Morgan fingerprint density at radius 2 is 2.22 bits per heavy atom. The fourth-order valence-corrected chi connectivity index (χ4v) is 3.49. The van der Waals surface area contributed by atoms with Crippen LogP contribution in [0.25, 0.3) is 0 Å². The summed E-state index contributed by atoms with van der Waals surface area (Å²) in [6, 6.07) is 0.589. The molecule has 3 unspecified atom stereocenters. The summed E-state index contributed by atoms with van der Waals surface area (Å²) >= 11 is 0. The molecule has 1 saturated carbocycles. The molecule has 3 nitrogen and oxygen atoms in total. The van der Waals surface area contributed by atoms with Gasteiger partial charge < -0.3 is 14.8 Å². The van der Waals surface area contributed by atoms with Crippen LogP contribution in [0.1, 0.15) is 52.4 Å². The molecule has 2 aliphatic rings. The summed E-state index contributed by atoms with van der Waals surface area (Å²) in [5.41, 5.74) is 0.257. The summed E-state index contributed by atoms with van der Waals surface area (Å²) < 4.78 is 11.5. The van der Waals surface area contributed by atoms with Crippen LogP contribution in [0.15, 0.2) is 0 Å². The first-order chi connectivity index (χ1) is 8.69. The van der Waals surface area contributed by atoms with E-state index in [1.807, 2.05) is 7.11 Å². The molecular weight excluding hydrogens is 226 g/mol. The van der Waals surface area contributed by atoms with Crippen molar-refractivity contribution in [1.82, 2.24) is 5.32 Å². The van der Waals surface area contributed by atoms with E-state index in [0.717, 1.165) is 25.5 Å². The van der Waals surface area contributed by atoms with Crippen molar-refractivity contribution in [2.24, 2.45) is 5.92 Å². The predicted octanol–water partition coefficient (Wildman–Crippen LogP) is 2.74. The molecule has 0 aromatic heterocycles. The zero-order chi connectivity index (χ0) is 13.0. The maximum atomic E-state index is 6.03. The van der Waals surface area contributed by atoms with Gasteiger partial charge in [-0.3, -0.25) is 0 Å². The van der Waals surface area contributed by atoms with Crippen LogP contribution in [0.4, 0.5) is 0 Å². The van der Waals surface area contributed by atoms with Gasteiger partial charge in [0.25, 0.3) is 0 Å². The van der Waals surface area contributed by atoms with E-state index in [9.17, 15) is 0 Å². The maximum Gasteiger partial charge on any atom is 0.0685 e. The molecule has 0 aromatic carbocycles. The molecule has 0 aromatic rings. The van der Waals surface area contributed by atoms with E-state index in [0.29, 0.717) is 12.1 Å². The smallest absolute Gasteiger partial charge is 0.0685 e. The minimum atomic E-state index is 0.257. The van der Waals surface area contributed by atoms with Crippen molar-refractivity contribution >= 4 is 0 Å². The first-order valence-corrected chi connectivity index (χ1v) is 7.59. The third-order valence-corrected chi connectivity index (χ3v) is 4.82. The highest BCUT2D eigenvalue weighted by Gasteiger charge is 2.44. The lowest BCUT2D eigenvalue weighted by Crippen LogP contribution is -2.50. The fourth-order valence-electron chi connectivity index (χ4n) is 3.49. The lowest BCUT2D eigenvalue weighted by atomic mass is 9.70. The zero-order valence-electron chi connectivity index (χ0n) is 12.2. The lowest BCUT2D eigenvalue weighted by Gasteiger charge is -2.49. The fraction of sp³-hybridized carbons (Fsp3) is 1.00. The van der Waals surface area contributed by atoms with Crippen LogP contribution in [0.5, 0.6) is 0 Å². The SMILES string of the molecule is CCNC(CC(C)OC)C1CCOC2(CCC2)C1. The Kier molecular flexibility index (Phi) is 5.05. The van der Waals surface area contributed by atoms with E-state index in [1.54, 1.807) is 0 Å². The van der Waals surface area contributed by atoms with Crippen LogP contribution in [-0.4, -0.2) is 38.0 Å². The van der Waals surface area contributed by atoms with E-state index in [2.05, 4.69) is 19.2 Å². The second-order valence-corrected chi connectivity index (χ2v) is 6.08. The molecule has 1 heterocycles. The summed E-state index contributed by atoms with van der Waals surface area (Å²) in [5, 5.41) is 3.67. The normalized spacial score (nSPS) is 29.8. The van der Waals surface area contributed by atoms with E-state index >= 15 is 0 Å². The van der Waals surface area contributed by atoms with E-state index in [4.69, 9.17) is 9.47 Å². The number of rotatable bonds is 6. The van der Waals surface area contributed by atoms with Crippen molar-refractivity contribution in [1.29, 1.82) is 0 Å². The largest absolute Gasteiger partial charge is 0.382 e. The minimum Gasteiger partial charge on any atom is -0.382 e. The van der Waals surface area contributed by atoms with Crippen LogP contribution in [0.3, 0.4) is 0 Å². The van der Waals surface area contributed by atoms with Crippen molar-refractivity contribution in [2.75, 3.05) is 20.3 Å². The second-order valence-electron chi connectivity index (χ2n) is 6.08. The molecule has 0 radical (unpaired) electrons. The van der Waals surface area contributed by atoms with Gasteiger partial charge in [0.15, 0.2) is 0 Å². The molecule has 2 rings (SSSR count). The van der Waals surface area contributed by atoms with Crippen molar-refractivity contribution in [3.63, 3.8) is 0 Å². The molecule has 0 bridgehead atoms. The standard InChI is InChI=1S/C15H29NO2/c1-4-16-14(10-12(2)17-3)13-6-9-18-15(11-13)7-5-8-15/h12-14,16H,4-11H2,1-3H3. The third-order valence-electron chi connectivity index (χ3n) is 4.82. The zero-order valence-corrected chi connectivity index (χ0v) is 12.2. The Hall–Kier alpha value is -0.120. The topological polar surface area (TPSA) is 30.5 Å². The highest BCUT2D eigenvalue weighted by atomic mass is 16.5.